The highest BCUT2D eigenvalue weighted by Crippen LogP contribution is 2.37. The molecule has 3 aromatic rings. The quantitative estimate of drug-likeness (QED) is 0.774. The standard InChI is InChI=1S/C18H16ClN3OS/c1-22-17-13-7-8-24-15(13)6-5-14(17)16(21-22)18(23)20-10-11-3-2-4-12(19)9-11/h2-4,7-9H,5-6,10H2,1H3,(H,20,23). The number of hydrogen-bond donors (Lipinski definition) is 1. The summed E-state index contributed by atoms with van der Waals surface area (Å²) in [6, 6.07) is 9.61. The molecule has 24 heavy (non-hydrogen) atoms. The lowest BCUT2D eigenvalue weighted by Gasteiger charge is -2.13. The van der Waals surface area contributed by atoms with Crippen LogP contribution in [0.25, 0.3) is 11.3 Å². The van der Waals surface area contributed by atoms with E-state index >= 15 is 0 Å². The Hall–Kier alpha value is -2.11. The van der Waals surface area contributed by atoms with Gasteiger partial charge >= 0.3 is 0 Å². The molecule has 1 amide bonds. The van der Waals surface area contributed by atoms with Gasteiger partial charge in [0, 0.05) is 34.6 Å². The van der Waals surface area contributed by atoms with E-state index in [4.69, 9.17) is 11.6 Å². The minimum atomic E-state index is -0.134. The van der Waals surface area contributed by atoms with E-state index in [-0.39, 0.29) is 5.91 Å². The molecule has 1 aliphatic carbocycles. The van der Waals surface area contributed by atoms with Crippen LogP contribution < -0.4 is 5.32 Å². The minimum Gasteiger partial charge on any atom is -0.347 e. The molecule has 6 heteroatoms. The second-order valence-electron chi connectivity index (χ2n) is 5.87. The number of carbonyl (C=O) groups is 1. The summed E-state index contributed by atoms with van der Waals surface area (Å²) in [7, 11) is 1.90. The molecule has 1 N–H and O–H groups in total. The van der Waals surface area contributed by atoms with Crippen molar-refractivity contribution in [3.05, 3.63) is 62.4 Å². The van der Waals surface area contributed by atoms with Crippen LogP contribution in [0.5, 0.6) is 0 Å². The summed E-state index contributed by atoms with van der Waals surface area (Å²) in [4.78, 5) is 14.0. The van der Waals surface area contributed by atoms with E-state index in [0.717, 1.165) is 29.7 Å². The molecule has 2 heterocycles. The van der Waals surface area contributed by atoms with Crippen molar-refractivity contribution in [2.75, 3.05) is 0 Å². The number of carbonyl (C=O) groups excluding carboxylic acids is 1. The molecule has 0 fully saturated rings. The molecule has 1 aromatic carbocycles. The van der Waals surface area contributed by atoms with Crippen LogP contribution >= 0.6 is 22.9 Å². The number of thiophene rings is 1. The summed E-state index contributed by atoms with van der Waals surface area (Å²) in [5, 5.41) is 10.2. The van der Waals surface area contributed by atoms with Crippen molar-refractivity contribution in [3.63, 3.8) is 0 Å². The second kappa shape index (κ2) is 6.07. The van der Waals surface area contributed by atoms with E-state index in [1.165, 1.54) is 10.4 Å². The van der Waals surface area contributed by atoms with E-state index in [0.29, 0.717) is 17.3 Å². The zero-order chi connectivity index (χ0) is 16.7. The van der Waals surface area contributed by atoms with Gasteiger partial charge in [-0.25, -0.2) is 0 Å². The molecule has 4 rings (SSSR count). The van der Waals surface area contributed by atoms with Crippen LogP contribution in [0, 0.1) is 0 Å². The Morgan fingerprint density at radius 1 is 1.38 bits per heavy atom. The zero-order valence-electron chi connectivity index (χ0n) is 13.2. The van der Waals surface area contributed by atoms with Gasteiger partial charge < -0.3 is 5.32 Å². The Morgan fingerprint density at radius 2 is 2.25 bits per heavy atom. The van der Waals surface area contributed by atoms with Crippen molar-refractivity contribution in [3.8, 4) is 11.3 Å². The van der Waals surface area contributed by atoms with Crippen LogP contribution in [0.15, 0.2) is 35.7 Å². The topological polar surface area (TPSA) is 46.9 Å². The number of nitrogens with zero attached hydrogens (tertiary/aromatic N) is 2. The van der Waals surface area contributed by atoms with Crippen molar-refractivity contribution >= 4 is 28.8 Å². The molecule has 0 atom stereocenters. The van der Waals surface area contributed by atoms with Gasteiger partial charge in [-0.1, -0.05) is 23.7 Å². The third-order valence-corrected chi connectivity index (χ3v) is 5.52. The summed E-state index contributed by atoms with van der Waals surface area (Å²) in [6.07, 6.45) is 1.83. The first-order valence-corrected chi connectivity index (χ1v) is 9.04. The molecule has 0 radical (unpaired) electrons. The summed E-state index contributed by atoms with van der Waals surface area (Å²) in [5.74, 6) is -0.134. The lowest BCUT2D eigenvalue weighted by molar-refractivity contribution is 0.0944. The fourth-order valence-corrected chi connectivity index (χ4v) is 4.31. The number of fused-ring (bicyclic) bond motifs is 3. The number of aryl methyl sites for hydroxylation is 2. The largest absolute Gasteiger partial charge is 0.347 e. The number of benzene rings is 1. The molecule has 0 aliphatic heterocycles. The first kappa shape index (κ1) is 15.4. The average Bonchev–Trinajstić information content (AvgIpc) is 3.17. The summed E-state index contributed by atoms with van der Waals surface area (Å²) in [6.45, 7) is 0.439. The molecule has 0 spiro atoms. The Morgan fingerprint density at radius 3 is 3.08 bits per heavy atom. The van der Waals surface area contributed by atoms with Gasteiger partial charge in [0.05, 0.1) is 5.69 Å². The summed E-state index contributed by atoms with van der Waals surface area (Å²) >= 11 is 7.76. The van der Waals surface area contributed by atoms with Crippen molar-refractivity contribution in [2.24, 2.45) is 7.05 Å². The maximum Gasteiger partial charge on any atom is 0.272 e. The molecular weight excluding hydrogens is 342 g/mol. The molecule has 1 aliphatic rings. The Balaban J connectivity index is 1.59. The van der Waals surface area contributed by atoms with Gasteiger partial charge in [0.25, 0.3) is 5.91 Å². The Bertz CT molecular complexity index is 928. The van der Waals surface area contributed by atoms with Gasteiger partial charge in [-0.3, -0.25) is 9.48 Å². The van der Waals surface area contributed by atoms with Gasteiger partial charge in [0.2, 0.25) is 0 Å². The number of nitrogens with one attached hydrogen (secondary N) is 1. The maximum atomic E-state index is 12.6. The van der Waals surface area contributed by atoms with E-state index < -0.39 is 0 Å². The van der Waals surface area contributed by atoms with Crippen molar-refractivity contribution in [2.45, 2.75) is 19.4 Å². The predicted octanol–water partition coefficient (Wildman–Crippen LogP) is 3.83. The van der Waals surface area contributed by atoms with E-state index in [1.54, 1.807) is 11.3 Å². The molecule has 0 unspecified atom stereocenters. The number of amides is 1. The number of hydrogen-bond acceptors (Lipinski definition) is 3. The number of aromatic nitrogens is 2. The number of halogens is 1. The van der Waals surface area contributed by atoms with Crippen LogP contribution in [0.2, 0.25) is 5.02 Å². The van der Waals surface area contributed by atoms with Gasteiger partial charge in [-0.2, -0.15) is 5.10 Å². The van der Waals surface area contributed by atoms with Gasteiger partial charge in [-0.15, -0.1) is 11.3 Å². The van der Waals surface area contributed by atoms with Crippen molar-refractivity contribution < 1.29 is 4.79 Å². The lowest BCUT2D eigenvalue weighted by Crippen LogP contribution is -2.24. The monoisotopic (exact) mass is 357 g/mol. The summed E-state index contributed by atoms with van der Waals surface area (Å²) < 4.78 is 1.83. The first-order chi connectivity index (χ1) is 11.6. The molecule has 0 bridgehead atoms. The Labute approximate surface area is 149 Å². The van der Waals surface area contributed by atoms with Crippen LogP contribution in [-0.4, -0.2) is 15.7 Å². The highest BCUT2D eigenvalue weighted by molar-refractivity contribution is 7.10. The molecular formula is C18H16ClN3OS. The van der Waals surface area contributed by atoms with Crippen LogP contribution in [-0.2, 0) is 26.4 Å². The molecule has 122 valence electrons. The highest BCUT2D eigenvalue weighted by atomic mass is 35.5. The maximum absolute atomic E-state index is 12.6. The van der Waals surface area contributed by atoms with Crippen molar-refractivity contribution in [1.29, 1.82) is 0 Å². The molecule has 4 nitrogen and oxygen atoms in total. The van der Waals surface area contributed by atoms with E-state index in [1.807, 2.05) is 36.0 Å². The lowest BCUT2D eigenvalue weighted by atomic mass is 9.94. The Kier molecular flexibility index (Phi) is 3.90. The predicted molar refractivity (Wildman–Crippen MR) is 96.6 cm³/mol. The van der Waals surface area contributed by atoms with E-state index in [2.05, 4.69) is 21.9 Å². The second-order valence-corrected chi connectivity index (χ2v) is 7.31. The average molecular weight is 358 g/mol. The summed E-state index contributed by atoms with van der Waals surface area (Å²) in [5.41, 5.74) is 4.84. The van der Waals surface area contributed by atoms with Crippen molar-refractivity contribution in [1.82, 2.24) is 15.1 Å². The zero-order valence-corrected chi connectivity index (χ0v) is 14.7. The fourth-order valence-electron chi connectivity index (χ4n) is 3.22. The third kappa shape index (κ3) is 2.64. The minimum absolute atomic E-state index is 0.134. The molecule has 0 saturated heterocycles. The normalized spacial score (nSPS) is 12.6. The van der Waals surface area contributed by atoms with Crippen LogP contribution in [0.3, 0.4) is 0 Å². The fraction of sp³-hybridized carbons (Fsp3) is 0.222. The van der Waals surface area contributed by atoms with Gasteiger partial charge in [0.15, 0.2) is 5.69 Å². The smallest absolute Gasteiger partial charge is 0.272 e. The van der Waals surface area contributed by atoms with E-state index in [9.17, 15) is 4.79 Å². The first-order valence-electron chi connectivity index (χ1n) is 7.78. The molecule has 2 aromatic heterocycles. The van der Waals surface area contributed by atoms with Gasteiger partial charge in [-0.05, 0) is 42.0 Å². The van der Waals surface area contributed by atoms with Crippen LogP contribution in [0.1, 0.15) is 26.5 Å². The molecule has 0 saturated carbocycles. The number of rotatable bonds is 3. The van der Waals surface area contributed by atoms with Gasteiger partial charge in [0.1, 0.15) is 0 Å². The van der Waals surface area contributed by atoms with Crippen LogP contribution in [0.4, 0.5) is 0 Å². The SMILES string of the molecule is Cn1nc(C(=O)NCc2cccc(Cl)c2)c2c1-c1ccsc1CC2. The third-order valence-electron chi connectivity index (χ3n) is 4.31. The highest BCUT2D eigenvalue weighted by Gasteiger charge is 2.27.